The summed E-state index contributed by atoms with van der Waals surface area (Å²) in [7, 11) is 3.22. The van der Waals surface area contributed by atoms with Crippen LogP contribution in [0.1, 0.15) is 32.6 Å². The Kier molecular flexibility index (Phi) is 8.34. The number of hydrogen-bond acceptors (Lipinski definition) is 5. The zero-order valence-electron chi connectivity index (χ0n) is 23.3. The highest BCUT2D eigenvalue weighted by Gasteiger charge is 2.30. The first-order chi connectivity index (χ1) is 19.9. The molecule has 1 aliphatic rings. The third-order valence-corrected chi connectivity index (χ3v) is 6.90. The van der Waals surface area contributed by atoms with E-state index >= 15 is 0 Å². The van der Waals surface area contributed by atoms with Crippen molar-refractivity contribution in [1.29, 1.82) is 0 Å². The minimum Gasteiger partial charge on any atom is -0.497 e. The lowest BCUT2D eigenvalue weighted by atomic mass is 10.1. The number of carbonyl (C=O) groups excluding carboxylic acids is 2. The normalized spacial score (nSPS) is 13.4. The maximum absolute atomic E-state index is 13.5. The highest BCUT2D eigenvalue weighted by atomic mass is 16.5. The summed E-state index contributed by atoms with van der Waals surface area (Å²) in [6.45, 7) is 2.91. The Morgan fingerprint density at radius 3 is 2.49 bits per heavy atom. The van der Waals surface area contributed by atoms with Crippen molar-refractivity contribution < 1.29 is 23.8 Å². The van der Waals surface area contributed by atoms with E-state index in [1.54, 1.807) is 49.5 Å². The van der Waals surface area contributed by atoms with Gasteiger partial charge in [-0.25, -0.2) is 0 Å². The number of anilines is 1. The number of hydrogen-bond donors (Lipinski definition) is 1. The molecule has 0 aliphatic carbocycles. The molecule has 0 spiro atoms. The fourth-order valence-corrected chi connectivity index (χ4v) is 4.77. The Bertz CT molecular complexity index is 1590. The van der Waals surface area contributed by atoms with E-state index in [9.17, 15) is 9.59 Å². The quantitative estimate of drug-likeness (QED) is 0.262. The molecule has 4 aromatic rings. The molecule has 1 N–H and O–H groups in total. The number of nitrogens with zero attached hydrogens (tertiary/aromatic N) is 1. The molecule has 0 saturated carbocycles. The number of benzene rings is 4. The lowest BCUT2D eigenvalue weighted by Crippen LogP contribution is -2.36. The van der Waals surface area contributed by atoms with Gasteiger partial charge in [0.2, 0.25) is 0 Å². The molecule has 0 radical (unpaired) electrons. The zero-order chi connectivity index (χ0) is 28.8. The fraction of sp³-hybridized carbons (Fsp3) is 0.176. The van der Waals surface area contributed by atoms with Gasteiger partial charge in [0.05, 0.1) is 26.5 Å². The standard InChI is InChI=1S/C34H32N2O5/c1-23-7-6-8-25(19-23)22-36-29-9-4-5-10-30(29)41-32(34(36)38)20-24-11-13-27(14-12-24)33(37)35-18-17-26-15-16-28(39-2)21-31(26)40-3/h4-16,19-21H,17-18,22H2,1-3H3,(H,35,37)/b32-20+. The maximum atomic E-state index is 13.5. The van der Waals surface area contributed by atoms with Crippen LogP contribution in [0.25, 0.3) is 6.08 Å². The molecule has 0 unspecified atom stereocenters. The highest BCUT2D eigenvalue weighted by Crippen LogP contribution is 2.36. The zero-order valence-corrected chi connectivity index (χ0v) is 23.3. The van der Waals surface area contributed by atoms with E-state index < -0.39 is 0 Å². The summed E-state index contributed by atoms with van der Waals surface area (Å²) < 4.78 is 16.7. The van der Waals surface area contributed by atoms with Gasteiger partial charge in [-0.2, -0.15) is 0 Å². The van der Waals surface area contributed by atoms with E-state index in [2.05, 4.69) is 11.4 Å². The van der Waals surface area contributed by atoms with Crippen molar-refractivity contribution in [2.24, 2.45) is 0 Å². The number of nitrogens with one attached hydrogen (secondary N) is 1. The van der Waals surface area contributed by atoms with Crippen molar-refractivity contribution >= 4 is 23.6 Å². The Labute approximate surface area is 240 Å². The van der Waals surface area contributed by atoms with Gasteiger partial charge in [-0.3, -0.25) is 14.5 Å². The molecule has 7 nitrogen and oxygen atoms in total. The lowest BCUT2D eigenvalue weighted by Gasteiger charge is -2.30. The first-order valence-electron chi connectivity index (χ1n) is 13.4. The van der Waals surface area contributed by atoms with E-state index in [1.807, 2.05) is 67.6 Å². The molecule has 5 rings (SSSR count). The smallest absolute Gasteiger partial charge is 0.294 e. The Morgan fingerprint density at radius 2 is 1.73 bits per heavy atom. The Balaban J connectivity index is 1.27. The number of para-hydroxylation sites is 2. The first-order valence-corrected chi connectivity index (χ1v) is 13.4. The third-order valence-electron chi connectivity index (χ3n) is 6.90. The summed E-state index contributed by atoms with van der Waals surface area (Å²) in [5.74, 6) is 1.88. The van der Waals surface area contributed by atoms with E-state index in [-0.39, 0.29) is 17.6 Å². The number of fused-ring (bicyclic) bond motifs is 1. The number of ether oxygens (including phenoxy) is 3. The predicted molar refractivity (Wildman–Crippen MR) is 159 cm³/mol. The van der Waals surface area contributed by atoms with Crippen molar-refractivity contribution in [3.05, 3.63) is 125 Å². The van der Waals surface area contributed by atoms with Crippen molar-refractivity contribution in [2.45, 2.75) is 19.9 Å². The fourth-order valence-electron chi connectivity index (χ4n) is 4.77. The molecular formula is C34H32N2O5. The monoisotopic (exact) mass is 548 g/mol. The van der Waals surface area contributed by atoms with Gasteiger partial charge in [-0.15, -0.1) is 0 Å². The van der Waals surface area contributed by atoms with Crippen molar-refractivity contribution in [3.63, 3.8) is 0 Å². The van der Waals surface area contributed by atoms with Crippen LogP contribution in [0.5, 0.6) is 17.2 Å². The molecule has 1 heterocycles. The Hall–Kier alpha value is -5.04. The van der Waals surface area contributed by atoms with E-state index in [0.717, 1.165) is 33.7 Å². The van der Waals surface area contributed by atoms with Crippen molar-refractivity contribution in [3.8, 4) is 17.2 Å². The number of amides is 2. The van der Waals surface area contributed by atoms with Crippen LogP contribution in [-0.2, 0) is 17.8 Å². The van der Waals surface area contributed by atoms with Gasteiger partial charge in [0, 0.05) is 18.2 Å². The van der Waals surface area contributed by atoms with Crippen LogP contribution in [0.4, 0.5) is 5.69 Å². The second-order valence-electron chi connectivity index (χ2n) is 9.76. The van der Waals surface area contributed by atoms with Crippen LogP contribution >= 0.6 is 0 Å². The van der Waals surface area contributed by atoms with Gasteiger partial charge in [0.15, 0.2) is 11.5 Å². The van der Waals surface area contributed by atoms with Crippen LogP contribution in [0, 0.1) is 6.92 Å². The van der Waals surface area contributed by atoms with E-state index in [0.29, 0.717) is 36.6 Å². The van der Waals surface area contributed by atoms with Crippen LogP contribution < -0.4 is 24.4 Å². The van der Waals surface area contributed by atoms with Crippen LogP contribution in [0.3, 0.4) is 0 Å². The van der Waals surface area contributed by atoms with Gasteiger partial charge >= 0.3 is 0 Å². The molecule has 7 heteroatoms. The molecule has 0 bridgehead atoms. The van der Waals surface area contributed by atoms with Gasteiger partial charge in [-0.05, 0) is 66.4 Å². The molecule has 0 atom stereocenters. The predicted octanol–water partition coefficient (Wildman–Crippen LogP) is 5.95. The molecule has 208 valence electrons. The van der Waals surface area contributed by atoms with Gasteiger partial charge in [0.1, 0.15) is 11.5 Å². The van der Waals surface area contributed by atoms with Gasteiger partial charge < -0.3 is 19.5 Å². The van der Waals surface area contributed by atoms with Gasteiger partial charge in [0.25, 0.3) is 11.8 Å². The molecule has 0 saturated heterocycles. The number of carbonyl (C=O) groups is 2. The number of methoxy groups -OCH3 is 2. The van der Waals surface area contributed by atoms with Crippen LogP contribution in [-0.4, -0.2) is 32.6 Å². The molecule has 1 aliphatic heterocycles. The molecule has 4 aromatic carbocycles. The molecule has 0 aromatic heterocycles. The summed E-state index contributed by atoms with van der Waals surface area (Å²) in [5.41, 5.74) is 5.16. The second-order valence-corrected chi connectivity index (χ2v) is 9.76. The van der Waals surface area contributed by atoms with E-state index in [4.69, 9.17) is 14.2 Å². The average Bonchev–Trinajstić information content (AvgIpc) is 2.99. The number of aryl methyl sites for hydroxylation is 1. The first kappa shape index (κ1) is 27.5. The number of rotatable bonds is 9. The van der Waals surface area contributed by atoms with Crippen LogP contribution in [0.2, 0.25) is 0 Å². The largest absolute Gasteiger partial charge is 0.497 e. The minimum absolute atomic E-state index is 0.181. The molecular weight excluding hydrogens is 516 g/mol. The third kappa shape index (κ3) is 6.41. The van der Waals surface area contributed by atoms with Crippen molar-refractivity contribution in [1.82, 2.24) is 5.32 Å². The summed E-state index contributed by atoms with van der Waals surface area (Å²) >= 11 is 0. The minimum atomic E-state index is -0.221. The lowest BCUT2D eigenvalue weighted by molar-refractivity contribution is -0.117. The summed E-state index contributed by atoms with van der Waals surface area (Å²) in [6.07, 6.45) is 2.32. The Morgan fingerprint density at radius 1 is 0.927 bits per heavy atom. The van der Waals surface area contributed by atoms with Gasteiger partial charge in [-0.1, -0.05) is 60.2 Å². The topological polar surface area (TPSA) is 77.1 Å². The average molecular weight is 549 g/mol. The second kappa shape index (κ2) is 12.4. The summed E-state index contributed by atoms with van der Waals surface area (Å²) in [6, 6.07) is 28.3. The van der Waals surface area contributed by atoms with Crippen LogP contribution in [0.15, 0.2) is 96.8 Å². The summed E-state index contributed by atoms with van der Waals surface area (Å²) in [5, 5.41) is 2.95. The molecule has 2 amide bonds. The molecule has 41 heavy (non-hydrogen) atoms. The van der Waals surface area contributed by atoms with E-state index in [1.165, 1.54) is 0 Å². The SMILES string of the molecule is COc1ccc(CCNC(=O)c2ccc(/C=C3/Oc4ccccc4N(Cc4cccc(C)c4)C3=O)cc2)c(OC)c1. The summed E-state index contributed by atoms with van der Waals surface area (Å²) in [4.78, 5) is 28.0. The molecule has 0 fully saturated rings. The van der Waals surface area contributed by atoms with Crippen molar-refractivity contribution in [2.75, 3.05) is 25.7 Å². The maximum Gasteiger partial charge on any atom is 0.294 e. The highest BCUT2D eigenvalue weighted by molar-refractivity contribution is 6.09.